The topological polar surface area (TPSA) is 100 Å². The first-order valence-electron chi connectivity index (χ1n) is 10.8. The van der Waals surface area contributed by atoms with Crippen LogP contribution in [0.2, 0.25) is 0 Å². The highest BCUT2D eigenvalue weighted by Crippen LogP contribution is 2.33. The fraction of sp³-hybridized carbons (Fsp3) is 0.115. The largest absolute Gasteiger partial charge is 0.493 e. The number of aromatic nitrogens is 1. The zero-order valence-corrected chi connectivity index (χ0v) is 19.9. The average Bonchev–Trinajstić information content (AvgIpc) is 3.30. The Labute approximate surface area is 206 Å². The Balaban J connectivity index is 1.38. The van der Waals surface area contributed by atoms with E-state index >= 15 is 0 Å². The maximum atomic E-state index is 12.7. The third-order valence-electron chi connectivity index (χ3n) is 5.36. The van der Waals surface area contributed by atoms with Gasteiger partial charge in [0, 0.05) is 18.0 Å². The normalized spacial score (nSPS) is 16.2. The summed E-state index contributed by atoms with van der Waals surface area (Å²) in [5.41, 5.74) is 3.90. The molecule has 3 heterocycles. The Morgan fingerprint density at radius 3 is 2.69 bits per heavy atom. The molecule has 2 aliphatic rings. The van der Waals surface area contributed by atoms with Crippen molar-refractivity contribution in [2.45, 2.75) is 13.5 Å². The number of nitrogens with zero attached hydrogens (tertiary/aromatic N) is 4. The number of thioether (sulfide) groups is 1. The molecule has 5 rings (SSSR count). The maximum Gasteiger partial charge on any atom is 0.283 e. The highest BCUT2D eigenvalue weighted by molar-refractivity contribution is 8.27. The van der Waals surface area contributed by atoms with Crippen LogP contribution in [0.4, 0.5) is 0 Å². The number of amides is 1. The van der Waals surface area contributed by atoms with Gasteiger partial charge in [-0.3, -0.25) is 15.2 Å². The zero-order valence-electron chi connectivity index (χ0n) is 19.1. The summed E-state index contributed by atoms with van der Waals surface area (Å²) in [5, 5.41) is 15.5. The Bertz CT molecular complexity index is 1420. The Morgan fingerprint density at radius 2 is 1.91 bits per heavy atom. The van der Waals surface area contributed by atoms with Crippen LogP contribution >= 0.6 is 11.8 Å². The number of amidine groups is 2. The van der Waals surface area contributed by atoms with E-state index in [1.807, 2.05) is 43.3 Å². The van der Waals surface area contributed by atoms with Crippen molar-refractivity contribution < 1.29 is 14.3 Å². The van der Waals surface area contributed by atoms with Gasteiger partial charge in [-0.25, -0.2) is 0 Å². The predicted octanol–water partition coefficient (Wildman–Crippen LogP) is 4.65. The number of aryl methyl sites for hydroxylation is 1. The van der Waals surface area contributed by atoms with E-state index in [0.717, 1.165) is 11.1 Å². The zero-order chi connectivity index (χ0) is 24.4. The van der Waals surface area contributed by atoms with E-state index in [-0.39, 0.29) is 11.4 Å². The van der Waals surface area contributed by atoms with Crippen LogP contribution in [0.15, 0.2) is 82.7 Å². The van der Waals surface area contributed by atoms with Gasteiger partial charge in [0.15, 0.2) is 17.3 Å². The van der Waals surface area contributed by atoms with Gasteiger partial charge in [-0.15, -0.1) is 0 Å². The number of rotatable bonds is 6. The van der Waals surface area contributed by atoms with Gasteiger partial charge in [-0.2, -0.15) is 15.1 Å². The van der Waals surface area contributed by atoms with Crippen molar-refractivity contribution in [3.8, 4) is 11.5 Å². The molecule has 0 unspecified atom stereocenters. The second-order valence-corrected chi connectivity index (χ2v) is 8.81. The van der Waals surface area contributed by atoms with Crippen LogP contribution in [0, 0.1) is 12.3 Å². The maximum absolute atomic E-state index is 12.7. The molecule has 0 bridgehead atoms. The molecule has 0 fully saturated rings. The molecule has 1 N–H and O–H groups in total. The first-order valence-corrected chi connectivity index (χ1v) is 11.6. The van der Waals surface area contributed by atoms with Crippen molar-refractivity contribution in [1.29, 1.82) is 5.41 Å². The van der Waals surface area contributed by atoms with Crippen LogP contribution in [0.3, 0.4) is 0 Å². The summed E-state index contributed by atoms with van der Waals surface area (Å²) in [6, 6.07) is 17.1. The Kier molecular flexibility index (Phi) is 6.15. The van der Waals surface area contributed by atoms with Crippen molar-refractivity contribution in [2.24, 2.45) is 10.1 Å². The van der Waals surface area contributed by atoms with E-state index in [0.29, 0.717) is 33.9 Å². The van der Waals surface area contributed by atoms with E-state index in [2.05, 4.69) is 21.1 Å². The van der Waals surface area contributed by atoms with Crippen LogP contribution in [-0.2, 0) is 11.4 Å². The average molecular weight is 484 g/mol. The van der Waals surface area contributed by atoms with E-state index in [4.69, 9.17) is 14.9 Å². The van der Waals surface area contributed by atoms with Gasteiger partial charge in [0.2, 0.25) is 5.17 Å². The summed E-state index contributed by atoms with van der Waals surface area (Å²) >= 11 is 1.25. The molecule has 0 spiro atoms. The number of benzene rings is 2. The molecule has 0 saturated heterocycles. The third kappa shape index (κ3) is 4.71. The number of aliphatic imine (C=N–C) groups is 1. The Morgan fingerprint density at radius 1 is 1.09 bits per heavy atom. The van der Waals surface area contributed by atoms with E-state index < -0.39 is 5.91 Å². The molecule has 174 valence electrons. The lowest BCUT2D eigenvalue weighted by molar-refractivity contribution is -0.114. The molecular weight excluding hydrogens is 462 g/mol. The number of carbonyl (C=O) groups excluding carboxylic acids is 1. The number of hydrazone groups is 1. The molecule has 9 heteroatoms. The van der Waals surface area contributed by atoms with E-state index in [1.54, 1.807) is 37.7 Å². The van der Waals surface area contributed by atoms with Crippen LogP contribution in [0.25, 0.3) is 6.08 Å². The van der Waals surface area contributed by atoms with Crippen LogP contribution < -0.4 is 9.47 Å². The first kappa shape index (κ1) is 22.5. The quantitative estimate of drug-likeness (QED) is 0.513. The van der Waals surface area contributed by atoms with Gasteiger partial charge in [-0.05, 0) is 60.2 Å². The van der Waals surface area contributed by atoms with Crippen LogP contribution in [0.1, 0.15) is 22.3 Å². The van der Waals surface area contributed by atoms with Crippen molar-refractivity contribution in [3.63, 3.8) is 0 Å². The minimum atomic E-state index is -0.487. The molecule has 0 saturated carbocycles. The van der Waals surface area contributed by atoms with Gasteiger partial charge in [0.1, 0.15) is 11.7 Å². The molecular formula is C26H21N5O3S. The highest BCUT2D eigenvalue weighted by atomic mass is 32.2. The molecule has 3 aromatic rings. The summed E-state index contributed by atoms with van der Waals surface area (Å²) in [6.07, 6.45) is 4.95. The molecule has 8 nitrogen and oxygen atoms in total. The lowest BCUT2D eigenvalue weighted by atomic mass is 10.1. The fourth-order valence-electron chi connectivity index (χ4n) is 3.63. The molecule has 0 radical (unpaired) electrons. The lowest BCUT2D eigenvalue weighted by Gasteiger charge is -2.20. The van der Waals surface area contributed by atoms with Crippen molar-refractivity contribution >= 4 is 39.8 Å². The second-order valence-electron chi connectivity index (χ2n) is 7.85. The fourth-order valence-corrected chi connectivity index (χ4v) is 4.52. The van der Waals surface area contributed by atoms with Crippen molar-refractivity contribution in [2.75, 3.05) is 7.11 Å². The monoisotopic (exact) mass is 483 g/mol. The minimum absolute atomic E-state index is 0.0321. The summed E-state index contributed by atoms with van der Waals surface area (Å²) in [5.74, 6) is 0.596. The number of carbonyl (C=O) groups is 1. The minimum Gasteiger partial charge on any atom is -0.493 e. The van der Waals surface area contributed by atoms with E-state index in [9.17, 15) is 4.79 Å². The van der Waals surface area contributed by atoms with Gasteiger partial charge in [-0.1, -0.05) is 35.9 Å². The van der Waals surface area contributed by atoms with Gasteiger partial charge in [0.05, 0.1) is 12.7 Å². The van der Waals surface area contributed by atoms with Crippen LogP contribution in [-0.4, -0.2) is 39.1 Å². The number of hydrogen-bond acceptors (Lipinski definition) is 7. The SMILES string of the molecule is COc1cc(/C=C2\C(=N)N3N=C(c4ccncc4)SC3=NC2=O)ccc1OCc1cccc(C)c1. The number of fused-ring (bicyclic) bond motifs is 1. The standard InChI is InChI=1S/C26H21N5O3S/c1-16-4-3-5-18(12-16)15-34-21-7-6-17(14-22(21)33-2)13-20-23(27)31-26(29-24(20)32)35-25(30-31)19-8-10-28-11-9-19/h3-14,27H,15H2,1-2H3/b20-13+,27-23?. The molecule has 2 aromatic carbocycles. The number of pyridine rings is 1. The first-order chi connectivity index (χ1) is 17.0. The smallest absolute Gasteiger partial charge is 0.283 e. The highest BCUT2D eigenvalue weighted by Gasteiger charge is 2.36. The summed E-state index contributed by atoms with van der Waals surface area (Å²) in [7, 11) is 1.56. The summed E-state index contributed by atoms with van der Waals surface area (Å²) in [6.45, 7) is 2.44. The van der Waals surface area contributed by atoms with Crippen molar-refractivity contribution in [1.82, 2.24) is 9.99 Å². The predicted molar refractivity (Wildman–Crippen MR) is 137 cm³/mol. The third-order valence-corrected chi connectivity index (χ3v) is 6.31. The van der Waals surface area contributed by atoms with Gasteiger partial charge in [0.25, 0.3) is 5.91 Å². The molecule has 0 atom stereocenters. The van der Waals surface area contributed by atoms with Crippen molar-refractivity contribution in [3.05, 3.63) is 94.8 Å². The molecule has 2 aliphatic heterocycles. The van der Waals surface area contributed by atoms with Gasteiger partial charge < -0.3 is 9.47 Å². The number of hydrogen-bond donors (Lipinski definition) is 1. The number of nitrogens with one attached hydrogen (secondary N) is 1. The number of ether oxygens (including phenoxy) is 2. The summed E-state index contributed by atoms with van der Waals surface area (Å²) < 4.78 is 11.5. The molecule has 0 aliphatic carbocycles. The molecule has 1 amide bonds. The van der Waals surface area contributed by atoms with E-state index in [1.165, 1.54) is 22.3 Å². The second kappa shape index (κ2) is 9.55. The lowest BCUT2D eigenvalue weighted by Crippen LogP contribution is -2.35. The van der Waals surface area contributed by atoms with Gasteiger partial charge >= 0.3 is 0 Å². The molecule has 35 heavy (non-hydrogen) atoms. The summed E-state index contributed by atoms with van der Waals surface area (Å²) in [4.78, 5) is 20.9. The van der Waals surface area contributed by atoms with Crippen LogP contribution in [0.5, 0.6) is 11.5 Å². The number of methoxy groups -OCH3 is 1. The Hall–Kier alpha value is -4.24. The molecule has 1 aromatic heterocycles.